The molecular formula is C8H24O3Si3. The van der Waals surface area contributed by atoms with Gasteiger partial charge in [-0.05, 0) is 39.3 Å². The molecule has 0 aliphatic carbocycles. The highest BCUT2D eigenvalue weighted by Crippen LogP contribution is 2.13. The molecule has 0 N–H and O–H groups in total. The van der Waals surface area contributed by atoms with Crippen molar-refractivity contribution in [1.29, 1.82) is 0 Å². The van der Waals surface area contributed by atoms with Crippen molar-refractivity contribution in [3.63, 3.8) is 0 Å². The second-order valence-electron chi connectivity index (χ2n) is 5.35. The molecule has 0 heterocycles. The average molecular weight is 253 g/mol. The van der Waals surface area contributed by atoms with Gasteiger partial charge in [0, 0.05) is 7.11 Å². The van der Waals surface area contributed by atoms with E-state index in [0.29, 0.717) is 0 Å². The van der Waals surface area contributed by atoms with Crippen molar-refractivity contribution in [3.05, 3.63) is 0 Å². The summed E-state index contributed by atoms with van der Waals surface area (Å²) in [7, 11) is -1.97. The maximum Gasteiger partial charge on any atom is 0.220 e. The predicted molar refractivity (Wildman–Crippen MR) is 68.2 cm³/mol. The van der Waals surface area contributed by atoms with Gasteiger partial charge in [-0.1, -0.05) is 0 Å². The molecule has 0 aromatic heterocycles. The van der Waals surface area contributed by atoms with Crippen LogP contribution in [-0.2, 0) is 13.3 Å². The molecule has 3 nitrogen and oxygen atoms in total. The number of hydrogen-bond donors (Lipinski definition) is 0. The van der Waals surface area contributed by atoms with E-state index in [1.165, 1.54) is 0 Å². The Morgan fingerprint density at radius 3 is 1.43 bits per heavy atom. The van der Waals surface area contributed by atoms with Crippen molar-refractivity contribution in [2.45, 2.75) is 45.2 Å². The van der Waals surface area contributed by atoms with Crippen LogP contribution >= 0.6 is 0 Å². The lowest BCUT2D eigenvalue weighted by atomic mass is 11.5. The summed E-state index contributed by atoms with van der Waals surface area (Å²) in [6.07, 6.45) is 0. The van der Waals surface area contributed by atoms with E-state index in [-0.39, 0.29) is 5.91 Å². The molecule has 0 aliphatic heterocycles. The number of hydrogen-bond acceptors (Lipinski definition) is 3. The first kappa shape index (κ1) is 14.5. The van der Waals surface area contributed by atoms with Crippen molar-refractivity contribution in [2.24, 2.45) is 0 Å². The Hall–Kier alpha value is 0.531. The fraction of sp³-hybridized carbons (Fsp3) is 1.00. The molecule has 0 saturated heterocycles. The summed E-state index contributed by atoms with van der Waals surface area (Å²) < 4.78 is 17.1. The first-order chi connectivity index (χ1) is 6.14. The summed E-state index contributed by atoms with van der Waals surface area (Å²) in [5.74, 6) is -0.0432. The van der Waals surface area contributed by atoms with Crippen LogP contribution in [0.15, 0.2) is 0 Å². The molecule has 0 aromatic rings. The lowest BCUT2D eigenvalue weighted by Gasteiger charge is -2.30. The molecular weight excluding hydrogens is 228 g/mol. The summed E-state index contributed by atoms with van der Waals surface area (Å²) in [5.41, 5.74) is 0. The van der Waals surface area contributed by atoms with Gasteiger partial charge in [0.2, 0.25) is 9.76 Å². The van der Waals surface area contributed by atoms with Gasteiger partial charge in [-0.2, -0.15) is 0 Å². The van der Waals surface area contributed by atoms with Crippen molar-refractivity contribution < 1.29 is 13.3 Å². The van der Waals surface area contributed by atoms with Crippen molar-refractivity contribution in [1.82, 2.24) is 0 Å². The average Bonchev–Trinajstić information content (AvgIpc) is 1.78. The third-order valence-electron chi connectivity index (χ3n) is 1.27. The van der Waals surface area contributed by atoms with E-state index in [1.54, 1.807) is 7.11 Å². The number of rotatable bonds is 6. The molecule has 0 rings (SSSR count). The van der Waals surface area contributed by atoms with E-state index in [0.717, 1.165) is 0 Å². The van der Waals surface area contributed by atoms with E-state index in [9.17, 15) is 0 Å². The maximum atomic E-state index is 5.94. The van der Waals surface area contributed by atoms with E-state index in [1.807, 2.05) is 0 Å². The van der Waals surface area contributed by atoms with Gasteiger partial charge in [-0.3, -0.25) is 0 Å². The molecule has 0 fully saturated rings. The van der Waals surface area contributed by atoms with Crippen LogP contribution in [0.25, 0.3) is 0 Å². The second-order valence-corrected chi connectivity index (χ2v) is 15.8. The fourth-order valence-electron chi connectivity index (χ4n) is 1.02. The van der Waals surface area contributed by atoms with Crippen LogP contribution in [0.3, 0.4) is 0 Å². The highest BCUT2D eigenvalue weighted by atomic mass is 28.4. The van der Waals surface area contributed by atoms with Crippen LogP contribution in [0.5, 0.6) is 0 Å². The molecule has 86 valence electrons. The quantitative estimate of drug-likeness (QED) is 0.532. The summed E-state index contributed by atoms with van der Waals surface area (Å²) in [6, 6.07) is 0. The molecule has 0 aromatic carbocycles. The minimum Gasteiger partial charge on any atom is -0.421 e. The van der Waals surface area contributed by atoms with Crippen molar-refractivity contribution in [3.8, 4) is 0 Å². The Morgan fingerprint density at radius 1 is 0.857 bits per heavy atom. The second kappa shape index (κ2) is 5.57. The predicted octanol–water partition coefficient (Wildman–Crippen LogP) is 1.70. The molecule has 0 aliphatic rings. The van der Waals surface area contributed by atoms with Crippen LogP contribution in [-0.4, -0.2) is 39.4 Å². The normalized spacial score (nSPS) is 14.6. The third-order valence-corrected chi connectivity index (χ3v) is 4.82. The Balaban J connectivity index is 4.16. The molecule has 0 spiro atoms. The van der Waals surface area contributed by atoms with Gasteiger partial charge in [-0.15, -0.1) is 0 Å². The molecule has 0 saturated carbocycles. The van der Waals surface area contributed by atoms with E-state index in [4.69, 9.17) is 13.3 Å². The monoisotopic (exact) mass is 252 g/mol. The van der Waals surface area contributed by atoms with Gasteiger partial charge in [0.15, 0.2) is 16.6 Å². The molecule has 0 bridgehead atoms. The van der Waals surface area contributed by atoms with Gasteiger partial charge in [0.1, 0.15) is 5.91 Å². The molecule has 0 unspecified atom stereocenters. The highest BCUT2D eigenvalue weighted by molar-refractivity contribution is 6.71. The summed E-state index contributed by atoms with van der Waals surface area (Å²) in [5, 5.41) is 0. The first-order valence-corrected chi connectivity index (χ1v) is 13.2. The zero-order valence-electron chi connectivity index (χ0n) is 10.5. The molecule has 0 radical (unpaired) electrons. The van der Waals surface area contributed by atoms with Crippen LogP contribution in [0.1, 0.15) is 0 Å². The van der Waals surface area contributed by atoms with Crippen molar-refractivity contribution >= 4 is 26.4 Å². The van der Waals surface area contributed by atoms with E-state index >= 15 is 0 Å². The highest BCUT2D eigenvalue weighted by Gasteiger charge is 2.26. The molecule has 6 heteroatoms. The summed E-state index contributed by atoms with van der Waals surface area (Å²) in [4.78, 5) is 0. The summed E-state index contributed by atoms with van der Waals surface area (Å²) in [6.45, 7) is 13.1. The van der Waals surface area contributed by atoms with E-state index < -0.39 is 26.4 Å². The van der Waals surface area contributed by atoms with Crippen molar-refractivity contribution in [2.75, 3.05) is 7.11 Å². The Bertz CT molecular complexity index is 146. The Labute approximate surface area is 92.3 Å². The molecule has 0 amide bonds. The maximum absolute atomic E-state index is 5.94. The smallest absolute Gasteiger partial charge is 0.220 e. The van der Waals surface area contributed by atoms with Gasteiger partial charge in [0.25, 0.3) is 0 Å². The zero-order chi connectivity index (χ0) is 11.4. The van der Waals surface area contributed by atoms with Crippen LogP contribution in [0.4, 0.5) is 0 Å². The van der Waals surface area contributed by atoms with E-state index in [2.05, 4.69) is 39.3 Å². The standard InChI is InChI=1S/C8H24O3Si3/c1-9-12-8(10-13(2,3)4)11-14(5,6)7/h8H,12H2,1-7H3. The topological polar surface area (TPSA) is 27.7 Å². The zero-order valence-corrected chi connectivity index (χ0v) is 13.9. The largest absolute Gasteiger partial charge is 0.421 e. The van der Waals surface area contributed by atoms with Gasteiger partial charge in [0.05, 0.1) is 0 Å². The van der Waals surface area contributed by atoms with Crippen LogP contribution < -0.4 is 0 Å². The lowest BCUT2D eigenvalue weighted by molar-refractivity contribution is 0.0494. The van der Waals surface area contributed by atoms with Gasteiger partial charge >= 0.3 is 0 Å². The minimum absolute atomic E-state index is 0.0432. The minimum atomic E-state index is -1.51. The fourth-order valence-corrected chi connectivity index (χ4v) is 6.60. The molecule has 0 atom stereocenters. The van der Waals surface area contributed by atoms with Crippen LogP contribution in [0.2, 0.25) is 39.3 Å². The van der Waals surface area contributed by atoms with Gasteiger partial charge in [-0.25, -0.2) is 0 Å². The summed E-state index contributed by atoms with van der Waals surface area (Å²) >= 11 is 0. The Morgan fingerprint density at radius 2 is 1.21 bits per heavy atom. The Kier molecular flexibility index (Phi) is 5.78. The SMILES string of the molecule is CO[SiH2]C(O[Si](C)(C)C)O[Si](C)(C)C. The third kappa shape index (κ3) is 9.10. The van der Waals surface area contributed by atoms with Crippen LogP contribution in [0, 0.1) is 0 Å². The van der Waals surface area contributed by atoms with Gasteiger partial charge < -0.3 is 13.3 Å². The first-order valence-electron chi connectivity index (χ1n) is 4.98. The lowest BCUT2D eigenvalue weighted by Crippen LogP contribution is -2.43. The molecule has 14 heavy (non-hydrogen) atoms.